The normalized spacial score (nSPS) is 14.8. The van der Waals surface area contributed by atoms with E-state index in [2.05, 4.69) is 0 Å². The number of aliphatic carboxylic acids is 1. The van der Waals surface area contributed by atoms with Gasteiger partial charge in [-0.25, -0.2) is 4.79 Å². The molecule has 5 heteroatoms. The zero-order valence-electron chi connectivity index (χ0n) is 10.8. The van der Waals surface area contributed by atoms with Crippen LogP contribution in [0.5, 0.6) is 0 Å². The van der Waals surface area contributed by atoms with E-state index in [1.54, 1.807) is 11.9 Å². The van der Waals surface area contributed by atoms with Gasteiger partial charge in [0, 0.05) is 20.1 Å². The Hall–Kier alpha value is -1.26. The highest BCUT2D eigenvalue weighted by Crippen LogP contribution is 2.29. The quantitative estimate of drug-likeness (QED) is 0.767. The SMILES string of the molecule is CC(C)CN(CC(=O)O)C(=O)N(C)CC1CC1. The van der Waals surface area contributed by atoms with Gasteiger partial charge < -0.3 is 14.9 Å². The van der Waals surface area contributed by atoms with E-state index in [0.29, 0.717) is 12.5 Å². The van der Waals surface area contributed by atoms with Crippen molar-refractivity contribution in [2.45, 2.75) is 26.7 Å². The molecule has 1 fully saturated rings. The summed E-state index contributed by atoms with van der Waals surface area (Å²) >= 11 is 0. The summed E-state index contributed by atoms with van der Waals surface area (Å²) in [7, 11) is 1.75. The maximum Gasteiger partial charge on any atom is 0.323 e. The van der Waals surface area contributed by atoms with Crippen LogP contribution in [0, 0.1) is 11.8 Å². The molecule has 2 amide bonds. The van der Waals surface area contributed by atoms with Crippen molar-refractivity contribution < 1.29 is 14.7 Å². The number of rotatable bonds is 6. The molecule has 0 bridgehead atoms. The molecule has 0 aliphatic heterocycles. The highest BCUT2D eigenvalue weighted by molar-refractivity contribution is 5.80. The molecule has 0 atom stereocenters. The van der Waals surface area contributed by atoms with Crippen LogP contribution in [-0.2, 0) is 4.79 Å². The summed E-state index contributed by atoms with van der Waals surface area (Å²) in [6, 6.07) is -0.173. The summed E-state index contributed by atoms with van der Waals surface area (Å²) in [5.74, 6) is -0.0684. The first-order valence-corrected chi connectivity index (χ1v) is 6.12. The molecule has 17 heavy (non-hydrogen) atoms. The van der Waals surface area contributed by atoms with E-state index in [1.807, 2.05) is 13.8 Å². The summed E-state index contributed by atoms with van der Waals surface area (Å²) < 4.78 is 0. The standard InChI is InChI=1S/C12H22N2O3/c1-9(2)6-14(8-11(15)16)12(17)13(3)7-10-4-5-10/h9-10H,4-8H2,1-3H3,(H,15,16). The van der Waals surface area contributed by atoms with Crippen LogP contribution in [0.25, 0.3) is 0 Å². The topological polar surface area (TPSA) is 60.9 Å². The van der Waals surface area contributed by atoms with Gasteiger partial charge in [-0.15, -0.1) is 0 Å². The molecule has 0 saturated heterocycles. The van der Waals surface area contributed by atoms with Crippen molar-refractivity contribution in [2.75, 3.05) is 26.7 Å². The zero-order chi connectivity index (χ0) is 13.0. The van der Waals surface area contributed by atoms with Gasteiger partial charge in [0.15, 0.2) is 0 Å². The van der Waals surface area contributed by atoms with Crippen LogP contribution in [-0.4, -0.2) is 53.6 Å². The van der Waals surface area contributed by atoms with E-state index in [-0.39, 0.29) is 18.5 Å². The smallest absolute Gasteiger partial charge is 0.323 e. The minimum Gasteiger partial charge on any atom is -0.480 e. The Balaban J connectivity index is 2.52. The predicted octanol–water partition coefficient (Wildman–Crippen LogP) is 1.49. The van der Waals surface area contributed by atoms with Gasteiger partial charge in [-0.3, -0.25) is 4.79 Å². The third-order valence-corrected chi connectivity index (χ3v) is 2.74. The molecule has 1 N–H and O–H groups in total. The van der Waals surface area contributed by atoms with Crippen LogP contribution in [0.15, 0.2) is 0 Å². The maximum absolute atomic E-state index is 12.1. The number of carbonyl (C=O) groups excluding carboxylic acids is 1. The molecule has 0 heterocycles. The predicted molar refractivity (Wildman–Crippen MR) is 64.8 cm³/mol. The summed E-state index contributed by atoms with van der Waals surface area (Å²) in [6.45, 7) is 4.96. The average Bonchev–Trinajstić information content (AvgIpc) is 2.97. The summed E-state index contributed by atoms with van der Waals surface area (Å²) in [4.78, 5) is 25.9. The number of carboxylic acid groups (broad SMARTS) is 1. The first kappa shape index (κ1) is 13.8. The highest BCUT2D eigenvalue weighted by atomic mass is 16.4. The van der Waals surface area contributed by atoms with Gasteiger partial charge in [-0.1, -0.05) is 13.8 Å². The molecule has 0 aromatic heterocycles. The number of amides is 2. The number of hydrogen-bond acceptors (Lipinski definition) is 2. The lowest BCUT2D eigenvalue weighted by Crippen LogP contribution is -2.45. The van der Waals surface area contributed by atoms with Gasteiger partial charge in [0.05, 0.1) is 0 Å². The monoisotopic (exact) mass is 242 g/mol. The number of nitrogens with zero attached hydrogens (tertiary/aromatic N) is 2. The number of hydrogen-bond donors (Lipinski definition) is 1. The molecule has 1 saturated carbocycles. The molecule has 5 nitrogen and oxygen atoms in total. The van der Waals surface area contributed by atoms with E-state index < -0.39 is 5.97 Å². The van der Waals surface area contributed by atoms with E-state index in [1.165, 1.54) is 17.7 Å². The number of urea groups is 1. The minimum absolute atomic E-state index is 0.173. The molecular weight excluding hydrogens is 220 g/mol. The number of carboxylic acids is 1. The molecule has 0 aromatic carbocycles. The van der Waals surface area contributed by atoms with Gasteiger partial charge in [0.2, 0.25) is 0 Å². The van der Waals surface area contributed by atoms with Crippen LogP contribution in [0.1, 0.15) is 26.7 Å². The summed E-state index contributed by atoms with van der Waals surface area (Å²) in [5.41, 5.74) is 0. The van der Waals surface area contributed by atoms with Crippen molar-refractivity contribution in [1.82, 2.24) is 9.80 Å². The largest absolute Gasteiger partial charge is 0.480 e. The van der Waals surface area contributed by atoms with E-state index in [9.17, 15) is 9.59 Å². The Morgan fingerprint density at radius 2 is 1.94 bits per heavy atom. The van der Waals surface area contributed by atoms with Crippen LogP contribution in [0.3, 0.4) is 0 Å². The van der Waals surface area contributed by atoms with Crippen molar-refractivity contribution in [3.63, 3.8) is 0 Å². The highest BCUT2D eigenvalue weighted by Gasteiger charge is 2.27. The Bertz CT molecular complexity index is 287. The Kier molecular flexibility index (Phi) is 4.78. The van der Waals surface area contributed by atoms with Crippen molar-refractivity contribution in [3.05, 3.63) is 0 Å². The average molecular weight is 242 g/mol. The molecule has 1 aliphatic rings. The van der Waals surface area contributed by atoms with Crippen LogP contribution >= 0.6 is 0 Å². The van der Waals surface area contributed by atoms with Crippen LogP contribution in [0.2, 0.25) is 0 Å². The lowest BCUT2D eigenvalue weighted by Gasteiger charge is -2.28. The van der Waals surface area contributed by atoms with Gasteiger partial charge in [0.25, 0.3) is 0 Å². The van der Waals surface area contributed by atoms with Crippen molar-refractivity contribution in [3.8, 4) is 0 Å². The third kappa shape index (κ3) is 5.06. The lowest BCUT2D eigenvalue weighted by molar-refractivity contribution is -0.137. The van der Waals surface area contributed by atoms with Gasteiger partial charge in [0.1, 0.15) is 6.54 Å². The van der Waals surface area contributed by atoms with Crippen molar-refractivity contribution in [1.29, 1.82) is 0 Å². The Morgan fingerprint density at radius 3 is 2.35 bits per heavy atom. The fraction of sp³-hybridized carbons (Fsp3) is 0.833. The molecule has 1 aliphatic carbocycles. The van der Waals surface area contributed by atoms with Gasteiger partial charge in [-0.2, -0.15) is 0 Å². The fourth-order valence-electron chi connectivity index (χ4n) is 1.82. The van der Waals surface area contributed by atoms with E-state index >= 15 is 0 Å². The fourth-order valence-corrected chi connectivity index (χ4v) is 1.82. The van der Waals surface area contributed by atoms with E-state index in [4.69, 9.17) is 5.11 Å². The second-order valence-electron chi connectivity index (χ2n) is 5.27. The molecule has 0 spiro atoms. The lowest BCUT2D eigenvalue weighted by atomic mass is 10.2. The molecule has 1 rings (SSSR count). The molecule has 0 radical (unpaired) electrons. The van der Waals surface area contributed by atoms with Gasteiger partial charge in [-0.05, 0) is 24.7 Å². The zero-order valence-corrected chi connectivity index (χ0v) is 10.8. The van der Waals surface area contributed by atoms with E-state index in [0.717, 1.165) is 6.54 Å². The van der Waals surface area contributed by atoms with Gasteiger partial charge >= 0.3 is 12.0 Å². The Labute approximate surface area is 102 Å². The summed E-state index contributed by atoms with van der Waals surface area (Å²) in [5, 5.41) is 8.81. The maximum atomic E-state index is 12.1. The molecule has 98 valence electrons. The van der Waals surface area contributed by atoms with Crippen LogP contribution < -0.4 is 0 Å². The van der Waals surface area contributed by atoms with Crippen LogP contribution in [0.4, 0.5) is 4.79 Å². The summed E-state index contributed by atoms with van der Waals surface area (Å²) in [6.07, 6.45) is 2.36. The number of carbonyl (C=O) groups is 2. The molecule has 0 unspecified atom stereocenters. The Morgan fingerprint density at radius 1 is 1.35 bits per heavy atom. The second-order valence-corrected chi connectivity index (χ2v) is 5.27. The van der Waals surface area contributed by atoms with Crippen molar-refractivity contribution in [2.24, 2.45) is 11.8 Å². The third-order valence-electron chi connectivity index (χ3n) is 2.74. The first-order chi connectivity index (χ1) is 7.90. The first-order valence-electron chi connectivity index (χ1n) is 6.12. The molecular formula is C12H22N2O3. The second kappa shape index (κ2) is 5.89. The molecule has 0 aromatic rings. The minimum atomic E-state index is -0.959. The van der Waals surface area contributed by atoms with Crippen molar-refractivity contribution >= 4 is 12.0 Å².